The van der Waals surface area contributed by atoms with Crippen LogP contribution in [0.25, 0.3) is 0 Å². The summed E-state index contributed by atoms with van der Waals surface area (Å²) in [5, 5.41) is 11.2. The number of hydrogen-bond acceptors (Lipinski definition) is 2. The molecule has 0 aliphatic rings. The first-order valence-corrected chi connectivity index (χ1v) is 3.42. The van der Waals surface area contributed by atoms with E-state index in [-0.39, 0.29) is 12.1 Å². The van der Waals surface area contributed by atoms with Gasteiger partial charge >= 0.3 is 0 Å². The first kappa shape index (κ1) is 9.41. The Labute approximate surface area is 66.6 Å². The second-order valence-corrected chi connectivity index (χ2v) is 2.58. The molecule has 10 heavy (non-hydrogen) atoms. The number of nitrogens with one attached hydrogen (secondary N) is 1. The molecule has 0 aliphatic heterocycles. The maximum Gasteiger partial charge on any atom is 0.104 e. The van der Waals surface area contributed by atoms with Crippen molar-refractivity contribution in [2.45, 2.75) is 19.4 Å². The highest BCUT2D eigenvalue weighted by atomic mass is 32.1. The Morgan fingerprint density at radius 3 is 2.70 bits per heavy atom. The zero-order chi connectivity index (χ0) is 8.04. The predicted molar refractivity (Wildman–Crippen MR) is 45.7 cm³/mol. The maximum atomic E-state index is 8.36. The smallest absolute Gasteiger partial charge is 0.104 e. The van der Waals surface area contributed by atoms with E-state index in [1.54, 1.807) is 0 Å². The third-order valence-electron chi connectivity index (χ3n) is 0.900. The van der Waals surface area contributed by atoms with Gasteiger partial charge in [0.25, 0.3) is 0 Å². The van der Waals surface area contributed by atoms with Gasteiger partial charge in [0.2, 0.25) is 0 Å². The lowest BCUT2D eigenvalue weighted by molar-refractivity contribution is 0.350. The Kier molecular flexibility index (Phi) is 4.01. The van der Waals surface area contributed by atoms with Crippen molar-refractivity contribution in [3.05, 3.63) is 0 Å². The van der Waals surface area contributed by atoms with E-state index < -0.39 is 0 Å². The third-order valence-corrected chi connectivity index (χ3v) is 1.02. The molecule has 0 aliphatic carbocycles. The molecule has 0 radical (unpaired) electrons. The summed E-state index contributed by atoms with van der Waals surface area (Å²) in [7, 11) is 0. The molecule has 0 aromatic heterocycles. The quantitative estimate of drug-likeness (QED) is 0.447. The van der Waals surface area contributed by atoms with E-state index in [2.05, 4.69) is 29.4 Å². The molecule has 0 aromatic carbocycles. The third kappa shape index (κ3) is 4.30. The summed E-state index contributed by atoms with van der Waals surface area (Å²) in [6, 6.07) is 0. The highest BCUT2D eigenvalue weighted by Gasteiger charge is 2.09. The van der Waals surface area contributed by atoms with E-state index >= 15 is 0 Å². The SMILES string of the molecule is CC(C)(C#CCO)NC=S. The summed E-state index contributed by atoms with van der Waals surface area (Å²) < 4.78 is 0. The number of rotatable bonds is 2. The van der Waals surface area contributed by atoms with Gasteiger partial charge in [-0.3, -0.25) is 0 Å². The minimum absolute atomic E-state index is 0.109. The topological polar surface area (TPSA) is 32.3 Å². The fourth-order valence-electron chi connectivity index (χ4n) is 0.444. The van der Waals surface area contributed by atoms with Gasteiger partial charge in [-0.05, 0) is 13.8 Å². The van der Waals surface area contributed by atoms with E-state index in [1.807, 2.05) is 13.8 Å². The van der Waals surface area contributed by atoms with Crippen LogP contribution >= 0.6 is 12.2 Å². The Morgan fingerprint density at radius 2 is 2.30 bits per heavy atom. The molecule has 0 unspecified atom stereocenters. The molecule has 3 heteroatoms. The van der Waals surface area contributed by atoms with Gasteiger partial charge in [-0.25, -0.2) is 0 Å². The van der Waals surface area contributed by atoms with E-state index in [4.69, 9.17) is 5.11 Å². The van der Waals surface area contributed by atoms with Crippen LogP contribution in [0.4, 0.5) is 0 Å². The molecule has 0 saturated carbocycles. The summed E-state index contributed by atoms with van der Waals surface area (Å²) >= 11 is 4.58. The Hall–Kier alpha value is -0.590. The molecule has 0 spiro atoms. The normalized spacial score (nSPS) is 9.50. The lowest BCUT2D eigenvalue weighted by atomic mass is 10.1. The van der Waals surface area contributed by atoms with Crippen LogP contribution in [0.5, 0.6) is 0 Å². The van der Waals surface area contributed by atoms with Gasteiger partial charge in [0.05, 0.1) is 11.0 Å². The summed E-state index contributed by atoms with van der Waals surface area (Å²) in [6.45, 7) is 3.67. The molecular formula is C7H11NOS. The minimum Gasteiger partial charge on any atom is -0.384 e. The van der Waals surface area contributed by atoms with Crippen LogP contribution in [0.3, 0.4) is 0 Å². The van der Waals surface area contributed by atoms with Gasteiger partial charge in [0.15, 0.2) is 0 Å². The fraction of sp³-hybridized carbons (Fsp3) is 0.571. The highest BCUT2D eigenvalue weighted by Crippen LogP contribution is 1.96. The molecule has 2 nitrogen and oxygen atoms in total. The van der Waals surface area contributed by atoms with E-state index in [0.717, 1.165) is 0 Å². The van der Waals surface area contributed by atoms with E-state index in [0.29, 0.717) is 0 Å². The molecule has 0 amide bonds. The minimum atomic E-state index is -0.329. The van der Waals surface area contributed by atoms with Crippen molar-refractivity contribution in [1.82, 2.24) is 5.32 Å². The zero-order valence-corrected chi connectivity index (χ0v) is 6.96. The van der Waals surface area contributed by atoms with Crippen molar-refractivity contribution >= 4 is 17.7 Å². The molecule has 0 bridgehead atoms. The van der Waals surface area contributed by atoms with Gasteiger partial charge in [-0.2, -0.15) is 0 Å². The van der Waals surface area contributed by atoms with Crippen molar-refractivity contribution in [3.63, 3.8) is 0 Å². The average molecular weight is 157 g/mol. The standard InChI is InChI=1S/C7H11NOS/c1-7(2,8-6-10)4-3-5-9/h6,9H,5H2,1-2H3,(H,8,10). The predicted octanol–water partition coefficient (Wildman–Crippen LogP) is 0.308. The van der Waals surface area contributed by atoms with Gasteiger partial charge in [0.1, 0.15) is 6.61 Å². The van der Waals surface area contributed by atoms with Crippen molar-refractivity contribution in [1.29, 1.82) is 0 Å². The lowest BCUT2D eigenvalue weighted by Gasteiger charge is -2.16. The van der Waals surface area contributed by atoms with E-state index in [1.165, 1.54) is 5.49 Å². The number of hydrogen-bond donors (Lipinski definition) is 2. The second-order valence-electron chi connectivity index (χ2n) is 2.35. The summed E-state index contributed by atoms with van der Waals surface area (Å²) in [5.41, 5.74) is 1.09. The van der Waals surface area contributed by atoms with Crippen LogP contribution in [-0.2, 0) is 0 Å². The van der Waals surface area contributed by atoms with Crippen LogP contribution < -0.4 is 5.32 Å². The van der Waals surface area contributed by atoms with Crippen LogP contribution in [0.1, 0.15) is 13.8 Å². The number of aliphatic hydroxyl groups is 1. The molecular weight excluding hydrogens is 146 g/mol. The largest absolute Gasteiger partial charge is 0.384 e. The Bertz CT molecular complexity index is 166. The Morgan fingerprint density at radius 1 is 1.70 bits per heavy atom. The second kappa shape index (κ2) is 4.26. The molecule has 0 rings (SSSR count). The number of aliphatic hydroxyl groups excluding tert-OH is 1. The first-order valence-electron chi connectivity index (χ1n) is 2.94. The molecule has 56 valence electrons. The molecule has 2 N–H and O–H groups in total. The zero-order valence-electron chi connectivity index (χ0n) is 6.14. The van der Waals surface area contributed by atoms with Crippen LogP contribution in [0.2, 0.25) is 0 Å². The first-order chi connectivity index (χ1) is 4.62. The van der Waals surface area contributed by atoms with Crippen LogP contribution in [0.15, 0.2) is 0 Å². The summed E-state index contributed by atoms with van der Waals surface area (Å²) in [6.07, 6.45) is 0. The van der Waals surface area contributed by atoms with Gasteiger partial charge in [-0.15, -0.1) is 0 Å². The van der Waals surface area contributed by atoms with Gasteiger partial charge < -0.3 is 10.4 Å². The summed E-state index contributed by atoms with van der Waals surface area (Å²) in [5.74, 6) is 5.35. The monoisotopic (exact) mass is 157 g/mol. The molecule has 0 saturated heterocycles. The lowest BCUT2D eigenvalue weighted by Crippen LogP contribution is -2.35. The van der Waals surface area contributed by atoms with E-state index in [9.17, 15) is 0 Å². The van der Waals surface area contributed by atoms with Gasteiger partial charge in [0, 0.05) is 0 Å². The Balaban J connectivity index is 3.97. The molecule has 0 heterocycles. The van der Waals surface area contributed by atoms with Crippen LogP contribution in [-0.4, -0.2) is 22.7 Å². The molecule has 0 fully saturated rings. The highest BCUT2D eigenvalue weighted by molar-refractivity contribution is 7.78. The molecule has 0 aromatic rings. The van der Waals surface area contributed by atoms with Crippen molar-refractivity contribution in [2.24, 2.45) is 0 Å². The van der Waals surface area contributed by atoms with Crippen molar-refractivity contribution < 1.29 is 5.11 Å². The maximum absolute atomic E-state index is 8.36. The van der Waals surface area contributed by atoms with Crippen molar-refractivity contribution in [2.75, 3.05) is 6.61 Å². The average Bonchev–Trinajstić information content (AvgIpc) is 1.84. The van der Waals surface area contributed by atoms with Crippen molar-refractivity contribution in [3.8, 4) is 11.8 Å². The van der Waals surface area contributed by atoms with Gasteiger partial charge in [-0.1, -0.05) is 24.1 Å². The summed E-state index contributed by atoms with van der Waals surface area (Å²) in [4.78, 5) is 0. The number of thiocarbonyl (C=S) groups is 1. The molecule has 0 atom stereocenters. The van der Waals surface area contributed by atoms with Crippen LogP contribution in [0, 0.1) is 11.8 Å². The fourth-order valence-corrected chi connectivity index (χ4v) is 0.739.